The molecule has 0 spiro atoms. The Hall–Kier alpha value is -2.42. The SMILES string of the molecule is Cc1ccc(NC(=O)CSc2nncn2C(C)C)cc1[N+](=O)[O-]. The molecule has 8 nitrogen and oxygen atoms in total. The molecule has 0 bridgehead atoms. The molecular weight excluding hydrogens is 318 g/mol. The molecule has 122 valence electrons. The van der Waals surface area contributed by atoms with E-state index in [9.17, 15) is 14.9 Å². The van der Waals surface area contributed by atoms with Gasteiger partial charge in [0.15, 0.2) is 5.16 Å². The van der Waals surface area contributed by atoms with E-state index >= 15 is 0 Å². The molecule has 0 atom stereocenters. The maximum atomic E-state index is 12.0. The molecule has 0 aliphatic carbocycles. The van der Waals surface area contributed by atoms with Crippen molar-refractivity contribution in [3.05, 3.63) is 40.2 Å². The van der Waals surface area contributed by atoms with Crippen molar-refractivity contribution in [3.8, 4) is 0 Å². The zero-order chi connectivity index (χ0) is 17.0. The lowest BCUT2D eigenvalue weighted by Crippen LogP contribution is -2.15. The van der Waals surface area contributed by atoms with E-state index in [1.807, 2.05) is 18.4 Å². The van der Waals surface area contributed by atoms with Crippen molar-refractivity contribution >= 4 is 29.0 Å². The molecule has 0 aliphatic heterocycles. The Labute approximate surface area is 137 Å². The summed E-state index contributed by atoms with van der Waals surface area (Å²) in [6.07, 6.45) is 1.62. The summed E-state index contributed by atoms with van der Waals surface area (Å²) < 4.78 is 1.87. The third-order valence-corrected chi connectivity index (χ3v) is 4.08. The van der Waals surface area contributed by atoms with Gasteiger partial charge in [0.2, 0.25) is 5.91 Å². The van der Waals surface area contributed by atoms with Crippen LogP contribution in [0.4, 0.5) is 11.4 Å². The third-order valence-electron chi connectivity index (χ3n) is 3.12. The van der Waals surface area contributed by atoms with Crippen LogP contribution in [0.1, 0.15) is 25.5 Å². The van der Waals surface area contributed by atoms with Crippen molar-refractivity contribution < 1.29 is 9.72 Å². The number of nitrogens with one attached hydrogen (secondary N) is 1. The molecule has 0 fully saturated rings. The minimum Gasteiger partial charge on any atom is -0.325 e. The summed E-state index contributed by atoms with van der Waals surface area (Å²) in [5, 5.41) is 22.0. The largest absolute Gasteiger partial charge is 0.325 e. The lowest BCUT2D eigenvalue weighted by Gasteiger charge is -2.09. The molecule has 1 heterocycles. The smallest absolute Gasteiger partial charge is 0.274 e. The van der Waals surface area contributed by atoms with Gasteiger partial charge in [-0.05, 0) is 26.8 Å². The first-order valence-electron chi connectivity index (χ1n) is 6.95. The highest BCUT2D eigenvalue weighted by Crippen LogP contribution is 2.23. The number of hydrogen-bond acceptors (Lipinski definition) is 6. The van der Waals surface area contributed by atoms with Gasteiger partial charge < -0.3 is 9.88 Å². The highest BCUT2D eigenvalue weighted by atomic mass is 32.2. The second kappa shape index (κ2) is 7.23. The molecule has 0 saturated carbocycles. The summed E-state index contributed by atoms with van der Waals surface area (Å²) in [4.78, 5) is 22.4. The Morgan fingerprint density at radius 3 is 2.87 bits per heavy atom. The molecule has 2 rings (SSSR count). The number of nitro groups is 1. The number of carbonyl (C=O) groups is 1. The third kappa shape index (κ3) is 4.28. The van der Waals surface area contributed by atoms with Gasteiger partial charge in [-0.1, -0.05) is 17.8 Å². The summed E-state index contributed by atoms with van der Waals surface area (Å²) in [5.41, 5.74) is 0.931. The van der Waals surface area contributed by atoms with Crippen LogP contribution in [-0.2, 0) is 4.79 Å². The fourth-order valence-electron chi connectivity index (χ4n) is 1.90. The fourth-order valence-corrected chi connectivity index (χ4v) is 2.74. The van der Waals surface area contributed by atoms with Crippen LogP contribution in [-0.4, -0.2) is 31.3 Å². The number of rotatable bonds is 6. The summed E-state index contributed by atoms with van der Waals surface area (Å²) >= 11 is 1.27. The molecule has 0 radical (unpaired) electrons. The molecule has 0 aliphatic rings. The highest BCUT2D eigenvalue weighted by molar-refractivity contribution is 7.99. The maximum Gasteiger partial charge on any atom is 0.274 e. The van der Waals surface area contributed by atoms with Gasteiger partial charge in [-0.3, -0.25) is 14.9 Å². The van der Waals surface area contributed by atoms with Gasteiger partial charge in [-0.2, -0.15) is 0 Å². The van der Waals surface area contributed by atoms with Crippen molar-refractivity contribution in [2.45, 2.75) is 32.0 Å². The normalized spacial score (nSPS) is 10.8. The molecular formula is C14H17N5O3S. The van der Waals surface area contributed by atoms with Crippen molar-refractivity contribution in [2.75, 3.05) is 11.1 Å². The topological polar surface area (TPSA) is 103 Å². The summed E-state index contributed by atoms with van der Waals surface area (Å²) in [6.45, 7) is 5.65. The number of anilines is 1. The van der Waals surface area contributed by atoms with Gasteiger partial charge in [-0.25, -0.2) is 0 Å². The first-order valence-corrected chi connectivity index (χ1v) is 7.94. The number of aryl methyl sites for hydroxylation is 1. The van der Waals surface area contributed by atoms with Crippen LogP contribution in [0.2, 0.25) is 0 Å². The number of hydrogen-bond donors (Lipinski definition) is 1. The number of amides is 1. The summed E-state index contributed by atoms with van der Waals surface area (Å²) in [7, 11) is 0. The first-order chi connectivity index (χ1) is 10.9. The molecule has 1 amide bonds. The van der Waals surface area contributed by atoms with Gasteiger partial charge in [-0.15, -0.1) is 10.2 Å². The van der Waals surface area contributed by atoms with Crippen LogP contribution in [0, 0.1) is 17.0 Å². The molecule has 1 N–H and O–H groups in total. The Bertz CT molecular complexity index is 729. The summed E-state index contributed by atoms with van der Waals surface area (Å²) in [5.74, 6) is -0.112. The van der Waals surface area contributed by atoms with E-state index in [2.05, 4.69) is 15.5 Å². The minimum absolute atomic E-state index is 0.0185. The highest BCUT2D eigenvalue weighted by Gasteiger charge is 2.14. The van der Waals surface area contributed by atoms with Gasteiger partial charge in [0.25, 0.3) is 5.69 Å². The van der Waals surface area contributed by atoms with E-state index in [4.69, 9.17) is 0 Å². The van der Waals surface area contributed by atoms with E-state index in [0.29, 0.717) is 16.4 Å². The van der Waals surface area contributed by atoms with Crippen LogP contribution in [0.5, 0.6) is 0 Å². The Balaban J connectivity index is 1.99. The second-order valence-electron chi connectivity index (χ2n) is 5.21. The Morgan fingerprint density at radius 2 is 2.22 bits per heavy atom. The Morgan fingerprint density at radius 1 is 1.48 bits per heavy atom. The number of carbonyl (C=O) groups excluding carboxylic acids is 1. The number of nitrogens with zero attached hydrogens (tertiary/aromatic N) is 4. The second-order valence-corrected chi connectivity index (χ2v) is 6.15. The minimum atomic E-state index is -0.467. The number of thioether (sulfide) groups is 1. The average Bonchev–Trinajstić information content (AvgIpc) is 2.95. The molecule has 0 saturated heterocycles. The van der Waals surface area contributed by atoms with Crippen LogP contribution in [0.3, 0.4) is 0 Å². The lowest BCUT2D eigenvalue weighted by molar-refractivity contribution is -0.385. The molecule has 0 unspecified atom stereocenters. The van der Waals surface area contributed by atoms with E-state index in [0.717, 1.165) is 0 Å². The quantitative estimate of drug-likeness (QED) is 0.494. The van der Waals surface area contributed by atoms with Gasteiger partial charge in [0, 0.05) is 23.4 Å². The molecule has 9 heteroatoms. The van der Waals surface area contributed by atoms with Crippen LogP contribution in [0.15, 0.2) is 29.7 Å². The summed E-state index contributed by atoms with van der Waals surface area (Å²) in [6, 6.07) is 4.81. The predicted molar refractivity (Wildman–Crippen MR) is 87.6 cm³/mol. The standard InChI is InChI=1S/C14H17N5O3S/c1-9(2)18-8-15-17-14(18)23-7-13(20)16-11-5-4-10(3)12(6-11)19(21)22/h4-6,8-9H,7H2,1-3H3,(H,16,20). The van der Waals surface area contributed by atoms with Crippen LogP contribution in [0.25, 0.3) is 0 Å². The van der Waals surface area contributed by atoms with E-state index in [1.54, 1.807) is 25.4 Å². The predicted octanol–water partition coefficient (Wildman–Crippen LogP) is 2.81. The first kappa shape index (κ1) is 16.9. The lowest BCUT2D eigenvalue weighted by atomic mass is 10.2. The van der Waals surface area contributed by atoms with Crippen molar-refractivity contribution in [1.29, 1.82) is 0 Å². The molecule has 23 heavy (non-hydrogen) atoms. The zero-order valence-corrected chi connectivity index (χ0v) is 13.8. The molecule has 2 aromatic rings. The number of nitro benzene ring substituents is 1. The van der Waals surface area contributed by atoms with E-state index in [-0.39, 0.29) is 23.4 Å². The van der Waals surface area contributed by atoms with E-state index < -0.39 is 4.92 Å². The van der Waals surface area contributed by atoms with E-state index in [1.165, 1.54) is 17.8 Å². The number of aromatic nitrogens is 3. The molecule has 1 aromatic carbocycles. The van der Waals surface area contributed by atoms with Gasteiger partial charge in [0.1, 0.15) is 6.33 Å². The van der Waals surface area contributed by atoms with Gasteiger partial charge >= 0.3 is 0 Å². The van der Waals surface area contributed by atoms with Gasteiger partial charge in [0.05, 0.1) is 10.7 Å². The Kier molecular flexibility index (Phi) is 5.32. The number of benzene rings is 1. The monoisotopic (exact) mass is 335 g/mol. The molecule has 1 aromatic heterocycles. The maximum absolute atomic E-state index is 12.0. The van der Waals surface area contributed by atoms with Crippen molar-refractivity contribution in [1.82, 2.24) is 14.8 Å². The fraction of sp³-hybridized carbons (Fsp3) is 0.357. The van der Waals surface area contributed by atoms with Crippen LogP contribution >= 0.6 is 11.8 Å². The van der Waals surface area contributed by atoms with Crippen LogP contribution < -0.4 is 5.32 Å². The average molecular weight is 335 g/mol. The van der Waals surface area contributed by atoms with Crippen molar-refractivity contribution in [3.63, 3.8) is 0 Å². The zero-order valence-electron chi connectivity index (χ0n) is 13.0. The van der Waals surface area contributed by atoms with Crippen molar-refractivity contribution in [2.24, 2.45) is 0 Å².